The molecular weight excluding hydrogens is 172 g/mol. The first-order valence-electron chi connectivity index (χ1n) is 5.42. The van der Waals surface area contributed by atoms with Gasteiger partial charge in [0.15, 0.2) is 0 Å². The van der Waals surface area contributed by atoms with Crippen LogP contribution in [0.1, 0.15) is 18.1 Å². The van der Waals surface area contributed by atoms with Gasteiger partial charge in [-0.15, -0.1) is 0 Å². The molecule has 0 fully saturated rings. The zero-order valence-corrected chi connectivity index (χ0v) is 8.79. The van der Waals surface area contributed by atoms with Gasteiger partial charge in [-0.25, -0.2) is 0 Å². The van der Waals surface area contributed by atoms with E-state index in [2.05, 4.69) is 30.0 Å². The van der Waals surface area contributed by atoms with Crippen molar-refractivity contribution >= 4 is 5.69 Å². The van der Waals surface area contributed by atoms with E-state index in [0.717, 1.165) is 19.5 Å². The van der Waals surface area contributed by atoms with Gasteiger partial charge in [0.2, 0.25) is 0 Å². The van der Waals surface area contributed by atoms with Crippen LogP contribution in [-0.2, 0) is 12.8 Å². The molecule has 0 atom stereocenters. The minimum atomic E-state index is 0.753. The Morgan fingerprint density at radius 1 is 1.43 bits per heavy atom. The molecular formula is C12H18N2. The molecule has 0 amide bonds. The summed E-state index contributed by atoms with van der Waals surface area (Å²) in [5.41, 5.74) is 10.0. The van der Waals surface area contributed by atoms with Crippen LogP contribution in [0.5, 0.6) is 0 Å². The molecule has 0 radical (unpaired) electrons. The van der Waals surface area contributed by atoms with Gasteiger partial charge in [0.25, 0.3) is 0 Å². The van der Waals surface area contributed by atoms with Crippen molar-refractivity contribution in [1.82, 2.24) is 0 Å². The van der Waals surface area contributed by atoms with E-state index in [4.69, 9.17) is 5.73 Å². The lowest BCUT2D eigenvalue weighted by molar-refractivity contribution is 0.865. The van der Waals surface area contributed by atoms with Crippen LogP contribution in [0.15, 0.2) is 18.2 Å². The molecule has 0 aromatic heterocycles. The average Bonchev–Trinajstić information content (AvgIpc) is 2.62. The van der Waals surface area contributed by atoms with Crippen LogP contribution in [-0.4, -0.2) is 19.6 Å². The molecule has 0 bridgehead atoms. The summed E-state index contributed by atoms with van der Waals surface area (Å²) in [6.07, 6.45) is 2.21. The van der Waals surface area contributed by atoms with Gasteiger partial charge >= 0.3 is 0 Å². The van der Waals surface area contributed by atoms with E-state index in [1.54, 1.807) is 0 Å². The Kier molecular flexibility index (Phi) is 2.73. The molecule has 1 aliphatic rings. The van der Waals surface area contributed by atoms with Crippen LogP contribution in [0.4, 0.5) is 5.69 Å². The van der Waals surface area contributed by atoms with Crippen LogP contribution < -0.4 is 10.6 Å². The molecule has 1 aromatic rings. The Morgan fingerprint density at radius 2 is 2.29 bits per heavy atom. The highest BCUT2D eigenvalue weighted by Gasteiger charge is 2.19. The standard InChI is InChI=1S/C12H18N2/c1-2-14-9-7-11-10(6-8-13)4-3-5-12(11)14/h3-5H,2,6-9,13H2,1H3. The van der Waals surface area contributed by atoms with E-state index in [1.165, 1.54) is 29.8 Å². The van der Waals surface area contributed by atoms with E-state index < -0.39 is 0 Å². The van der Waals surface area contributed by atoms with E-state index in [1.807, 2.05) is 0 Å². The van der Waals surface area contributed by atoms with Crippen LogP contribution in [0.3, 0.4) is 0 Å². The molecule has 2 heteroatoms. The van der Waals surface area contributed by atoms with Gasteiger partial charge in [-0.1, -0.05) is 12.1 Å². The highest BCUT2D eigenvalue weighted by Crippen LogP contribution is 2.30. The fourth-order valence-corrected chi connectivity index (χ4v) is 2.29. The quantitative estimate of drug-likeness (QED) is 0.784. The van der Waals surface area contributed by atoms with Gasteiger partial charge in [-0.05, 0) is 43.5 Å². The zero-order valence-electron chi connectivity index (χ0n) is 8.79. The van der Waals surface area contributed by atoms with Crippen molar-refractivity contribution in [2.45, 2.75) is 19.8 Å². The topological polar surface area (TPSA) is 29.3 Å². The van der Waals surface area contributed by atoms with Crippen molar-refractivity contribution in [1.29, 1.82) is 0 Å². The molecule has 2 rings (SSSR count). The number of hydrogen-bond donors (Lipinski definition) is 1. The Labute approximate surface area is 85.7 Å². The van der Waals surface area contributed by atoms with Crippen molar-refractivity contribution in [3.8, 4) is 0 Å². The lowest BCUT2D eigenvalue weighted by Crippen LogP contribution is -2.18. The molecule has 0 saturated carbocycles. The molecule has 1 aliphatic heterocycles. The second kappa shape index (κ2) is 4.01. The van der Waals surface area contributed by atoms with Crippen LogP contribution in [0.2, 0.25) is 0 Å². The minimum Gasteiger partial charge on any atom is -0.371 e. The third-order valence-corrected chi connectivity index (χ3v) is 3.02. The minimum absolute atomic E-state index is 0.753. The third-order valence-electron chi connectivity index (χ3n) is 3.02. The summed E-state index contributed by atoms with van der Waals surface area (Å²) in [5.74, 6) is 0. The number of nitrogens with zero attached hydrogens (tertiary/aromatic N) is 1. The van der Waals surface area contributed by atoms with Crippen molar-refractivity contribution in [3.05, 3.63) is 29.3 Å². The second-order valence-corrected chi connectivity index (χ2v) is 3.78. The first kappa shape index (κ1) is 9.53. The van der Waals surface area contributed by atoms with Gasteiger partial charge in [-0.2, -0.15) is 0 Å². The summed E-state index contributed by atoms with van der Waals surface area (Å²) >= 11 is 0. The first-order valence-corrected chi connectivity index (χ1v) is 5.42. The number of benzene rings is 1. The van der Waals surface area contributed by atoms with E-state index in [0.29, 0.717) is 0 Å². The second-order valence-electron chi connectivity index (χ2n) is 3.78. The maximum absolute atomic E-state index is 5.61. The molecule has 2 nitrogen and oxygen atoms in total. The predicted octanol–water partition coefficient (Wildman–Crippen LogP) is 1.57. The molecule has 0 unspecified atom stereocenters. The van der Waals surface area contributed by atoms with Gasteiger partial charge < -0.3 is 10.6 Å². The molecule has 1 heterocycles. The highest BCUT2D eigenvalue weighted by atomic mass is 15.1. The van der Waals surface area contributed by atoms with Crippen LogP contribution in [0, 0.1) is 0 Å². The monoisotopic (exact) mass is 190 g/mol. The Morgan fingerprint density at radius 3 is 3.00 bits per heavy atom. The summed E-state index contributed by atoms with van der Waals surface area (Å²) in [6, 6.07) is 6.59. The number of nitrogens with two attached hydrogens (primary N) is 1. The number of rotatable bonds is 3. The number of likely N-dealkylation sites (N-methyl/N-ethyl adjacent to an activating group) is 1. The SMILES string of the molecule is CCN1CCc2c(CCN)cccc21. The zero-order chi connectivity index (χ0) is 9.97. The van der Waals surface area contributed by atoms with Crippen molar-refractivity contribution in [2.24, 2.45) is 5.73 Å². The van der Waals surface area contributed by atoms with Crippen molar-refractivity contribution < 1.29 is 0 Å². The molecule has 2 N–H and O–H groups in total. The van der Waals surface area contributed by atoms with E-state index in [9.17, 15) is 0 Å². The molecule has 0 aliphatic carbocycles. The summed E-state index contributed by atoms with van der Waals surface area (Å²) in [7, 11) is 0. The fraction of sp³-hybridized carbons (Fsp3) is 0.500. The lowest BCUT2D eigenvalue weighted by Gasteiger charge is -2.16. The predicted molar refractivity (Wildman–Crippen MR) is 60.8 cm³/mol. The van der Waals surface area contributed by atoms with Crippen LogP contribution >= 0.6 is 0 Å². The van der Waals surface area contributed by atoms with Gasteiger partial charge in [0, 0.05) is 18.8 Å². The maximum atomic E-state index is 5.61. The molecule has 0 saturated heterocycles. The number of fused-ring (bicyclic) bond motifs is 1. The van der Waals surface area contributed by atoms with Crippen molar-refractivity contribution in [2.75, 3.05) is 24.5 Å². The van der Waals surface area contributed by atoms with Crippen molar-refractivity contribution in [3.63, 3.8) is 0 Å². The Bertz CT molecular complexity index is 320. The highest BCUT2D eigenvalue weighted by molar-refractivity contribution is 5.60. The van der Waals surface area contributed by atoms with Gasteiger partial charge in [-0.3, -0.25) is 0 Å². The fourth-order valence-electron chi connectivity index (χ4n) is 2.29. The largest absolute Gasteiger partial charge is 0.371 e. The molecule has 0 spiro atoms. The Hall–Kier alpha value is -1.02. The molecule has 1 aromatic carbocycles. The number of anilines is 1. The van der Waals surface area contributed by atoms with Gasteiger partial charge in [0.1, 0.15) is 0 Å². The first-order chi connectivity index (χ1) is 6.86. The summed E-state index contributed by atoms with van der Waals surface area (Å²) < 4.78 is 0. The molecule has 14 heavy (non-hydrogen) atoms. The van der Waals surface area contributed by atoms with Gasteiger partial charge in [0.05, 0.1) is 0 Å². The third kappa shape index (κ3) is 1.50. The lowest BCUT2D eigenvalue weighted by atomic mass is 10.0. The van der Waals surface area contributed by atoms with Crippen LogP contribution in [0.25, 0.3) is 0 Å². The summed E-state index contributed by atoms with van der Waals surface area (Å²) in [4.78, 5) is 2.44. The number of hydrogen-bond acceptors (Lipinski definition) is 2. The average molecular weight is 190 g/mol. The molecule has 76 valence electrons. The smallest absolute Gasteiger partial charge is 0.0402 e. The van der Waals surface area contributed by atoms with E-state index in [-0.39, 0.29) is 0 Å². The van der Waals surface area contributed by atoms with E-state index >= 15 is 0 Å². The Balaban J connectivity index is 2.34. The maximum Gasteiger partial charge on any atom is 0.0402 e. The summed E-state index contributed by atoms with van der Waals surface area (Å²) in [6.45, 7) is 5.25. The normalized spacial score (nSPS) is 14.6. The summed E-state index contributed by atoms with van der Waals surface area (Å²) in [5, 5.41) is 0.